The van der Waals surface area contributed by atoms with Gasteiger partial charge in [-0.05, 0) is 17.7 Å². The maximum absolute atomic E-state index is 13.2. The Kier molecular flexibility index (Phi) is 9.17. The normalized spacial score (nSPS) is 9.41. The highest BCUT2D eigenvalue weighted by Crippen LogP contribution is 2.19. The van der Waals surface area contributed by atoms with E-state index in [4.69, 9.17) is 5.11 Å². The van der Waals surface area contributed by atoms with Crippen molar-refractivity contribution in [3.8, 4) is 0 Å². The number of rotatable bonds is 4. The molecule has 0 saturated heterocycles. The Balaban J connectivity index is 0.000000770. The van der Waals surface area contributed by atoms with Crippen molar-refractivity contribution in [1.82, 2.24) is 0 Å². The van der Waals surface area contributed by atoms with E-state index in [2.05, 4.69) is 29.8 Å². The Labute approximate surface area is 114 Å². The molecule has 1 aromatic rings. The smallest absolute Gasteiger partial charge is 0.313 e. The second kappa shape index (κ2) is 9.48. The van der Waals surface area contributed by atoms with Crippen LogP contribution in [-0.2, 0) is 10.5 Å². The molecule has 0 atom stereocenters. The monoisotopic (exact) mass is 322 g/mol. The van der Waals surface area contributed by atoms with E-state index in [1.54, 1.807) is 12.1 Å². The number of hydrogen-bond donors (Lipinski definition) is 1. The Morgan fingerprint density at radius 2 is 2.06 bits per heavy atom. The van der Waals surface area contributed by atoms with Gasteiger partial charge in [0.25, 0.3) is 0 Å². The quantitative estimate of drug-likeness (QED) is 0.896. The number of benzene rings is 1. The molecule has 0 aliphatic heterocycles. The summed E-state index contributed by atoms with van der Waals surface area (Å²) in [5.41, 5.74) is 0.527. The summed E-state index contributed by atoms with van der Waals surface area (Å²) < 4.78 is 13.9. The zero-order valence-corrected chi connectivity index (χ0v) is 12.3. The summed E-state index contributed by atoms with van der Waals surface area (Å²) in [6.45, 7) is 4.25. The van der Waals surface area contributed by atoms with Crippen molar-refractivity contribution in [2.24, 2.45) is 0 Å². The van der Waals surface area contributed by atoms with Crippen LogP contribution in [0.3, 0.4) is 0 Å². The molecule has 0 heterocycles. The average molecular weight is 323 g/mol. The fourth-order valence-corrected chi connectivity index (χ4v) is 1.95. The van der Waals surface area contributed by atoms with Crippen molar-refractivity contribution in [2.75, 3.05) is 5.75 Å². The van der Waals surface area contributed by atoms with Crippen LogP contribution in [0.15, 0.2) is 22.7 Å². The molecule has 0 amide bonds. The number of hydrogen-bond acceptors (Lipinski definition) is 2. The van der Waals surface area contributed by atoms with Crippen molar-refractivity contribution in [1.29, 1.82) is 0 Å². The minimum atomic E-state index is -0.882. The summed E-state index contributed by atoms with van der Waals surface area (Å²) in [6, 6.07) is 4.75. The van der Waals surface area contributed by atoms with Gasteiger partial charge in [0, 0.05) is 10.2 Å². The Bertz CT molecular complexity index is 358. The maximum Gasteiger partial charge on any atom is 0.313 e. The topological polar surface area (TPSA) is 37.3 Å². The van der Waals surface area contributed by atoms with Gasteiger partial charge in [-0.1, -0.05) is 42.3 Å². The van der Waals surface area contributed by atoms with E-state index < -0.39 is 5.97 Å². The van der Waals surface area contributed by atoms with Gasteiger partial charge in [-0.3, -0.25) is 4.79 Å². The Morgan fingerprint density at radius 3 is 2.53 bits per heavy atom. The highest BCUT2D eigenvalue weighted by molar-refractivity contribution is 9.10. The van der Waals surface area contributed by atoms with Crippen LogP contribution in [0.5, 0.6) is 0 Å². The van der Waals surface area contributed by atoms with Crippen LogP contribution in [0.1, 0.15) is 25.8 Å². The van der Waals surface area contributed by atoms with Crippen molar-refractivity contribution >= 4 is 33.7 Å². The second-order valence-corrected chi connectivity index (χ2v) is 5.23. The van der Waals surface area contributed by atoms with E-state index in [9.17, 15) is 9.18 Å². The third-order valence-corrected chi connectivity index (χ3v) is 2.96. The largest absolute Gasteiger partial charge is 0.481 e. The average Bonchev–Trinajstić information content (AvgIpc) is 2.22. The summed E-state index contributed by atoms with van der Waals surface area (Å²) in [5.74, 6) is -0.814. The minimum absolute atomic E-state index is 0.00446. The molecule has 0 radical (unpaired) electrons. The van der Waals surface area contributed by atoms with Gasteiger partial charge in [0.05, 0.1) is 5.75 Å². The summed E-state index contributed by atoms with van der Waals surface area (Å²) in [4.78, 5) is 10.2. The SMILES string of the molecule is CCC.O=C(O)CSCc1ccc(Br)cc1F. The summed E-state index contributed by atoms with van der Waals surface area (Å²) >= 11 is 4.33. The van der Waals surface area contributed by atoms with Gasteiger partial charge in [0.2, 0.25) is 0 Å². The molecule has 0 aliphatic carbocycles. The lowest BCUT2D eigenvalue weighted by Crippen LogP contribution is -1.98. The number of carboxylic acids is 1. The first-order chi connectivity index (χ1) is 8.01. The fourth-order valence-electron chi connectivity index (χ4n) is 0.887. The number of aliphatic carboxylic acids is 1. The van der Waals surface area contributed by atoms with Gasteiger partial charge < -0.3 is 5.11 Å². The molecular weight excluding hydrogens is 307 g/mol. The summed E-state index contributed by atoms with van der Waals surface area (Å²) in [6.07, 6.45) is 1.25. The lowest BCUT2D eigenvalue weighted by atomic mass is 10.2. The van der Waals surface area contributed by atoms with Crippen LogP contribution in [0, 0.1) is 5.82 Å². The third kappa shape index (κ3) is 8.21. The molecule has 0 aliphatic rings. The predicted molar refractivity (Wildman–Crippen MR) is 73.9 cm³/mol. The van der Waals surface area contributed by atoms with E-state index in [1.165, 1.54) is 24.2 Å². The van der Waals surface area contributed by atoms with Gasteiger partial charge in [-0.2, -0.15) is 0 Å². The van der Waals surface area contributed by atoms with Crippen LogP contribution in [0.4, 0.5) is 4.39 Å². The zero-order valence-electron chi connectivity index (χ0n) is 9.87. The van der Waals surface area contributed by atoms with Crippen molar-refractivity contribution < 1.29 is 14.3 Å². The number of halogens is 2. The highest BCUT2D eigenvalue weighted by atomic mass is 79.9. The molecule has 96 valence electrons. The highest BCUT2D eigenvalue weighted by Gasteiger charge is 2.04. The van der Waals surface area contributed by atoms with Gasteiger partial charge in [-0.15, -0.1) is 11.8 Å². The van der Waals surface area contributed by atoms with Gasteiger partial charge in [0.15, 0.2) is 0 Å². The van der Waals surface area contributed by atoms with E-state index in [0.29, 0.717) is 15.8 Å². The van der Waals surface area contributed by atoms with E-state index in [-0.39, 0.29) is 11.6 Å². The fraction of sp³-hybridized carbons (Fsp3) is 0.417. The zero-order chi connectivity index (χ0) is 13.3. The molecule has 5 heteroatoms. The van der Waals surface area contributed by atoms with Gasteiger partial charge in [0.1, 0.15) is 5.82 Å². The summed E-state index contributed by atoms with van der Waals surface area (Å²) in [7, 11) is 0. The minimum Gasteiger partial charge on any atom is -0.481 e. The number of carboxylic acid groups (broad SMARTS) is 1. The van der Waals surface area contributed by atoms with Crippen molar-refractivity contribution in [3.05, 3.63) is 34.1 Å². The van der Waals surface area contributed by atoms with E-state index in [0.717, 1.165) is 0 Å². The second-order valence-electron chi connectivity index (χ2n) is 3.33. The van der Waals surface area contributed by atoms with E-state index in [1.807, 2.05) is 0 Å². The number of carbonyl (C=O) groups is 1. The summed E-state index contributed by atoms with van der Waals surface area (Å²) in [5, 5.41) is 8.38. The number of thioether (sulfide) groups is 1. The Hall–Kier alpha value is -0.550. The molecule has 0 fully saturated rings. The van der Waals surface area contributed by atoms with E-state index >= 15 is 0 Å². The maximum atomic E-state index is 13.2. The standard InChI is InChI=1S/C9H8BrFO2S.C3H8/c10-7-2-1-6(8(11)3-7)4-14-5-9(12)13;1-3-2/h1-3H,4-5H2,(H,12,13);3H2,1-2H3. The van der Waals surface area contributed by atoms with Gasteiger partial charge >= 0.3 is 5.97 Å². The molecule has 0 saturated carbocycles. The first-order valence-corrected chi connectivity index (χ1v) is 7.19. The molecule has 0 bridgehead atoms. The molecule has 17 heavy (non-hydrogen) atoms. The molecule has 0 aromatic heterocycles. The molecule has 1 aromatic carbocycles. The van der Waals surface area contributed by atoms with Crippen LogP contribution in [0.25, 0.3) is 0 Å². The van der Waals surface area contributed by atoms with Gasteiger partial charge in [-0.25, -0.2) is 4.39 Å². The molecule has 0 unspecified atom stereocenters. The van der Waals surface area contributed by atoms with Crippen molar-refractivity contribution in [3.63, 3.8) is 0 Å². The van der Waals surface area contributed by atoms with Crippen LogP contribution in [-0.4, -0.2) is 16.8 Å². The molecule has 0 spiro atoms. The Morgan fingerprint density at radius 1 is 1.47 bits per heavy atom. The lowest BCUT2D eigenvalue weighted by Gasteiger charge is -2.01. The third-order valence-electron chi connectivity index (χ3n) is 1.50. The lowest BCUT2D eigenvalue weighted by molar-refractivity contribution is -0.133. The predicted octanol–water partition coefficient (Wildman–Crippen LogP) is 4.32. The first kappa shape index (κ1) is 16.4. The first-order valence-electron chi connectivity index (χ1n) is 5.24. The molecular formula is C12H16BrFO2S. The molecule has 1 rings (SSSR count). The van der Waals surface area contributed by atoms with Crippen molar-refractivity contribution in [2.45, 2.75) is 26.0 Å². The van der Waals surface area contributed by atoms with Crippen LogP contribution in [0.2, 0.25) is 0 Å². The van der Waals surface area contributed by atoms with Crippen LogP contribution >= 0.6 is 27.7 Å². The molecule has 1 N–H and O–H groups in total. The van der Waals surface area contributed by atoms with Crippen LogP contribution < -0.4 is 0 Å². The molecule has 2 nitrogen and oxygen atoms in total.